The van der Waals surface area contributed by atoms with Crippen LogP contribution in [-0.2, 0) is 0 Å². The Hall–Kier alpha value is -19.1. The van der Waals surface area contributed by atoms with Crippen LogP contribution < -0.4 is 14.7 Å². The first kappa shape index (κ1) is 86.4. The standard InChI is InChI=1S/3C46H32N2/c1-4-14-33(15-5-1)35-24-28-39(29-25-35)47(40-30-26-36(27-31-40)34-16-6-2-7-17-34)46-41-21-11-10-18-37(41)32-44-45(46)42-22-12-13-23-43(42)48(44)38-19-8-3-9-20-38;1-4-13-33(14-5-1)35-23-27-40(28-24-35)47(41-29-25-36(26-30-41)34-15-6-2-7-16-34)43-21-12-22-44-46(43)42-31-37-17-10-11-18-38(37)32-45(42)48(44)39-19-8-3-9-20-39;1-4-12-33(13-5-1)35-20-24-40(25-21-35)47(41-26-22-36(23-27-41)34-14-6-2-7-15-34)42-28-29-45-44(32-42)43-30-37-16-10-11-17-38(37)31-46(43)48(45)39-18-8-3-9-19-39/h3*1-32H. The zero-order valence-corrected chi connectivity index (χ0v) is 79.1. The van der Waals surface area contributed by atoms with E-state index in [0.29, 0.717) is 0 Å². The molecule has 27 aromatic rings. The fourth-order valence-electron chi connectivity index (χ4n) is 21.2. The predicted octanol–water partition coefficient (Wildman–Crippen LogP) is 38.2. The van der Waals surface area contributed by atoms with Gasteiger partial charge in [-0.05, 0) is 270 Å². The maximum absolute atomic E-state index is 2.45. The summed E-state index contributed by atoms with van der Waals surface area (Å²) in [5, 5.41) is 14.7. The molecule has 0 amide bonds. The van der Waals surface area contributed by atoms with Crippen molar-refractivity contribution in [3.63, 3.8) is 0 Å². The number of nitrogens with zero attached hydrogens (tertiary/aromatic N) is 6. The Labute approximate surface area is 837 Å². The van der Waals surface area contributed by atoms with Gasteiger partial charge in [-0.15, -0.1) is 0 Å². The van der Waals surface area contributed by atoms with Crippen LogP contribution in [0.25, 0.3) is 182 Å². The third-order valence-electron chi connectivity index (χ3n) is 28.1. The second-order valence-electron chi connectivity index (χ2n) is 36.7. The molecule has 0 aliphatic carbocycles. The van der Waals surface area contributed by atoms with E-state index in [2.05, 4.69) is 611 Å². The molecule has 0 fully saturated rings. The lowest BCUT2D eigenvalue weighted by atomic mass is 9.99. The topological polar surface area (TPSA) is 24.5 Å². The molecule has 0 spiro atoms. The number of hydrogen-bond acceptors (Lipinski definition) is 3. The second-order valence-corrected chi connectivity index (χ2v) is 36.7. The lowest BCUT2D eigenvalue weighted by Crippen LogP contribution is -2.11. The number of aromatic nitrogens is 3. The third-order valence-corrected chi connectivity index (χ3v) is 28.1. The zero-order chi connectivity index (χ0) is 95.6. The molecule has 6 heteroatoms. The molecule has 678 valence electrons. The molecule has 24 aromatic carbocycles. The van der Waals surface area contributed by atoms with Gasteiger partial charge in [0.15, 0.2) is 0 Å². The molecule has 0 saturated heterocycles. The maximum Gasteiger partial charge on any atom is 0.0640 e. The van der Waals surface area contributed by atoms with Crippen LogP contribution in [0.3, 0.4) is 0 Å². The summed E-state index contributed by atoms with van der Waals surface area (Å²) in [4.78, 5) is 7.24. The van der Waals surface area contributed by atoms with E-state index >= 15 is 0 Å². The van der Waals surface area contributed by atoms with E-state index in [9.17, 15) is 0 Å². The van der Waals surface area contributed by atoms with Crippen LogP contribution in [0.1, 0.15) is 0 Å². The molecule has 3 aromatic heterocycles. The second kappa shape index (κ2) is 38.3. The molecule has 3 heterocycles. The van der Waals surface area contributed by atoms with Gasteiger partial charge in [0, 0.05) is 94.6 Å². The predicted molar refractivity (Wildman–Crippen MR) is 612 cm³/mol. The van der Waals surface area contributed by atoms with Crippen molar-refractivity contribution in [3.05, 3.63) is 582 Å². The van der Waals surface area contributed by atoms with E-state index in [1.54, 1.807) is 0 Å². The molecule has 0 aliphatic rings. The van der Waals surface area contributed by atoms with Crippen LogP contribution in [-0.4, -0.2) is 13.7 Å². The molecule has 0 bridgehead atoms. The largest absolute Gasteiger partial charge is 0.310 e. The maximum atomic E-state index is 2.45. The van der Waals surface area contributed by atoms with Crippen LogP contribution in [0, 0.1) is 0 Å². The highest BCUT2D eigenvalue weighted by molar-refractivity contribution is 6.25. The van der Waals surface area contributed by atoms with Crippen molar-refractivity contribution in [1.29, 1.82) is 0 Å². The number of rotatable bonds is 18. The lowest BCUT2D eigenvalue weighted by Gasteiger charge is -2.28. The van der Waals surface area contributed by atoms with Crippen molar-refractivity contribution < 1.29 is 0 Å². The molecular weight excluding hydrogens is 1740 g/mol. The Kier molecular flexibility index (Phi) is 23.0. The van der Waals surface area contributed by atoms with Crippen LogP contribution in [0.5, 0.6) is 0 Å². The smallest absolute Gasteiger partial charge is 0.0640 e. The first-order valence-corrected chi connectivity index (χ1v) is 49.3. The quantitative estimate of drug-likeness (QED) is 0.0856. The minimum absolute atomic E-state index is 1.11. The Morgan fingerprint density at radius 3 is 0.771 bits per heavy atom. The average Bonchev–Trinajstić information content (AvgIpc) is 1.55. The van der Waals surface area contributed by atoms with Gasteiger partial charge in [0.2, 0.25) is 0 Å². The minimum atomic E-state index is 1.11. The number of anilines is 9. The van der Waals surface area contributed by atoms with Gasteiger partial charge >= 0.3 is 0 Å². The summed E-state index contributed by atoms with van der Waals surface area (Å²) in [6, 6.07) is 210. The molecule has 0 radical (unpaired) electrons. The summed E-state index contributed by atoms with van der Waals surface area (Å²) in [6.45, 7) is 0. The molecule has 0 aliphatic heterocycles. The van der Waals surface area contributed by atoms with Crippen molar-refractivity contribution in [2.24, 2.45) is 0 Å². The monoisotopic (exact) mass is 1840 g/mol. The van der Waals surface area contributed by atoms with E-state index in [-0.39, 0.29) is 0 Å². The zero-order valence-electron chi connectivity index (χ0n) is 79.1. The van der Waals surface area contributed by atoms with Crippen molar-refractivity contribution in [3.8, 4) is 83.8 Å². The van der Waals surface area contributed by atoms with E-state index in [4.69, 9.17) is 0 Å². The lowest BCUT2D eigenvalue weighted by molar-refractivity contribution is 1.18. The molecular formula is C138H96N6. The molecule has 144 heavy (non-hydrogen) atoms. The number of fused-ring (bicyclic) bond motifs is 12. The Morgan fingerprint density at radius 1 is 0.125 bits per heavy atom. The highest BCUT2D eigenvalue weighted by Crippen LogP contribution is 2.52. The summed E-state index contributed by atoms with van der Waals surface area (Å²) in [6.07, 6.45) is 0. The van der Waals surface area contributed by atoms with E-state index in [1.165, 1.54) is 170 Å². The normalized spacial score (nSPS) is 11.3. The van der Waals surface area contributed by atoms with Crippen LogP contribution in [0.15, 0.2) is 582 Å². The third kappa shape index (κ3) is 16.6. The Morgan fingerprint density at radius 2 is 0.382 bits per heavy atom. The Balaban J connectivity index is 0.000000113. The van der Waals surface area contributed by atoms with Gasteiger partial charge in [0.25, 0.3) is 0 Å². The first-order chi connectivity index (χ1) is 71.4. The summed E-state index contributed by atoms with van der Waals surface area (Å²) in [5.74, 6) is 0. The molecule has 0 unspecified atom stereocenters. The summed E-state index contributed by atoms with van der Waals surface area (Å²) in [7, 11) is 0. The van der Waals surface area contributed by atoms with Crippen molar-refractivity contribution in [1.82, 2.24) is 13.7 Å². The van der Waals surface area contributed by atoms with Gasteiger partial charge in [-0.1, -0.05) is 406 Å². The average molecular weight is 1840 g/mol. The van der Waals surface area contributed by atoms with E-state index < -0.39 is 0 Å². The number of para-hydroxylation sites is 4. The van der Waals surface area contributed by atoms with Gasteiger partial charge in [-0.25, -0.2) is 0 Å². The van der Waals surface area contributed by atoms with Gasteiger partial charge in [-0.3, -0.25) is 0 Å². The molecule has 0 saturated carbocycles. The minimum Gasteiger partial charge on any atom is -0.310 e. The van der Waals surface area contributed by atoms with Crippen molar-refractivity contribution in [2.45, 2.75) is 0 Å². The molecule has 0 atom stereocenters. The SMILES string of the molecule is c1ccc(-c2ccc(N(c3ccc(-c4ccccc4)cc3)c3c4ccccc4cc4c3c3ccccc3n4-c3ccccc3)cc2)cc1.c1ccc(-c2ccc(N(c3ccc(-c4ccccc4)cc3)c3ccc4c(c3)c3cc5ccccc5cc3n4-c3ccccc3)cc2)cc1.c1ccc(-c2ccc(N(c3ccc(-c4ccccc4)cc3)c3cccc4c3c3cc5ccccc5cc3n4-c3ccccc3)cc2)cc1. The highest BCUT2D eigenvalue weighted by Gasteiger charge is 2.28. The van der Waals surface area contributed by atoms with Crippen molar-refractivity contribution in [2.75, 3.05) is 14.7 Å². The van der Waals surface area contributed by atoms with Gasteiger partial charge in [0.1, 0.15) is 0 Å². The van der Waals surface area contributed by atoms with Gasteiger partial charge in [-0.2, -0.15) is 0 Å². The molecule has 27 rings (SSSR count). The van der Waals surface area contributed by atoms with Gasteiger partial charge < -0.3 is 28.4 Å². The molecule has 6 nitrogen and oxygen atoms in total. The molecule has 0 N–H and O–H groups in total. The highest BCUT2D eigenvalue weighted by atomic mass is 15.2. The summed E-state index contributed by atoms with van der Waals surface area (Å²) >= 11 is 0. The van der Waals surface area contributed by atoms with Crippen LogP contribution in [0.4, 0.5) is 51.2 Å². The fraction of sp³-hybridized carbons (Fsp3) is 0. The van der Waals surface area contributed by atoms with E-state index in [0.717, 1.165) is 62.6 Å². The number of hydrogen-bond donors (Lipinski definition) is 0. The number of benzene rings is 24. The van der Waals surface area contributed by atoms with E-state index in [1.807, 2.05) is 0 Å². The first-order valence-electron chi connectivity index (χ1n) is 49.3. The van der Waals surface area contributed by atoms with Crippen LogP contribution in [0.2, 0.25) is 0 Å². The summed E-state index contributed by atoms with van der Waals surface area (Å²) < 4.78 is 7.22. The van der Waals surface area contributed by atoms with Crippen molar-refractivity contribution >= 4 is 149 Å². The van der Waals surface area contributed by atoms with Crippen LogP contribution >= 0.6 is 0 Å². The summed E-state index contributed by atoms with van der Waals surface area (Å²) in [5.41, 5.74) is 35.1. The Bertz CT molecular complexity index is 8980. The fourth-order valence-corrected chi connectivity index (χ4v) is 21.2. The van der Waals surface area contributed by atoms with Gasteiger partial charge in [0.05, 0.1) is 44.5 Å².